The third-order valence-corrected chi connectivity index (χ3v) is 3.31. The van der Waals surface area contributed by atoms with Crippen molar-refractivity contribution in [2.75, 3.05) is 6.54 Å². The van der Waals surface area contributed by atoms with Crippen LogP contribution in [-0.4, -0.2) is 22.2 Å². The van der Waals surface area contributed by atoms with Gasteiger partial charge in [0.05, 0.1) is 0 Å². The van der Waals surface area contributed by atoms with Crippen molar-refractivity contribution in [3.8, 4) is 0 Å². The molecule has 0 aliphatic heterocycles. The van der Waals surface area contributed by atoms with Crippen LogP contribution in [0.25, 0.3) is 0 Å². The number of benzene rings is 1. The van der Waals surface area contributed by atoms with Crippen LogP contribution in [0.4, 0.5) is 0 Å². The highest BCUT2D eigenvalue weighted by Gasteiger charge is 2.19. The van der Waals surface area contributed by atoms with Gasteiger partial charge < -0.3 is 4.90 Å². The Morgan fingerprint density at radius 2 is 1.94 bits per heavy atom. The van der Waals surface area contributed by atoms with Gasteiger partial charge in [-0.3, -0.25) is 4.79 Å². The first-order chi connectivity index (χ1) is 8.45. The molecule has 100 valence electrons. The summed E-state index contributed by atoms with van der Waals surface area (Å²) in [6.07, 6.45) is 0.886. The lowest BCUT2D eigenvalue weighted by molar-refractivity contribution is -0.130. The third-order valence-electron chi connectivity index (χ3n) is 2.94. The molecule has 0 aliphatic carbocycles. The number of amides is 1. The number of hydrogen-bond donors (Lipinski definition) is 0. The van der Waals surface area contributed by atoms with E-state index in [2.05, 4.69) is 26.0 Å². The van der Waals surface area contributed by atoms with Crippen LogP contribution in [-0.2, 0) is 11.3 Å². The van der Waals surface area contributed by atoms with Crippen molar-refractivity contribution in [3.05, 3.63) is 34.9 Å². The molecular weight excluding hydrogens is 269 g/mol. The van der Waals surface area contributed by atoms with Crippen molar-refractivity contribution in [2.24, 2.45) is 0 Å². The molecule has 0 aromatic heterocycles. The predicted molar refractivity (Wildman–Crippen MR) is 77.1 cm³/mol. The Labute approximate surface area is 119 Å². The van der Waals surface area contributed by atoms with Gasteiger partial charge in [-0.15, -0.1) is 0 Å². The summed E-state index contributed by atoms with van der Waals surface area (Å²) in [6, 6.07) is 6.20. The lowest BCUT2D eigenvalue weighted by Crippen LogP contribution is -2.35. The fourth-order valence-corrected chi connectivity index (χ4v) is 2.07. The van der Waals surface area contributed by atoms with Gasteiger partial charge >= 0.3 is 0 Å². The molecule has 0 unspecified atom stereocenters. The summed E-state index contributed by atoms with van der Waals surface area (Å²) < 4.78 is 0. The van der Waals surface area contributed by atoms with E-state index in [1.54, 1.807) is 4.90 Å². The molecule has 0 bridgehead atoms. The van der Waals surface area contributed by atoms with Gasteiger partial charge in [-0.1, -0.05) is 48.3 Å². The predicted octanol–water partition coefficient (Wildman–Crippen LogP) is 3.85. The fourth-order valence-electron chi connectivity index (χ4n) is 1.80. The van der Waals surface area contributed by atoms with Crippen LogP contribution in [0.5, 0.6) is 0 Å². The number of carbonyl (C=O) groups is 1. The highest BCUT2D eigenvalue weighted by atomic mass is 35.5. The van der Waals surface area contributed by atoms with Crippen molar-refractivity contribution in [1.29, 1.82) is 0 Å². The molecule has 0 heterocycles. The second kappa shape index (κ2) is 7.01. The van der Waals surface area contributed by atoms with E-state index in [1.807, 2.05) is 13.0 Å². The summed E-state index contributed by atoms with van der Waals surface area (Å²) in [5, 5.41) is 0. The summed E-state index contributed by atoms with van der Waals surface area (Å²) in [7, 11) is 0. The van der Waals surface area contributed by atoms with Gasteiger partial charge in [0.1, 0.15) is 0 Å². The van der Waals surface area contributed by atoms with Crippen LogP contribution in [0, 0.1) is 13.8 Å². The highest BCUT2D eigenvalue weighted by Crippen LogP contribution is 2.15. The lowest BCUT2D eigenvalue weighted by Gasteiger charge is -2.23. The second-order valence-electron chi connectivity index (χ2n) is 4.48. The standard InChI is InChI=1S/C14H19Cl2NO/c1-4-7-17(14(18)13(15)16)9-12-6-5-10(2)11(3)8-12/h5-6,8,13H,4,7,9H2,1-3H3. The lowest BCUT2D eigenvalue weighted by atomic mass is 10.1. The number of hydrogen-bond acceptors (Lipinski definition) is 1. The summed E-state index contributed by atoms with van der Waals surface area (Å²) in [4.78, 5) is 12.6. The van der Waals surface area contributed by atoms with Gasteiger partial charge in [-0.25, -0.2) is 0 Å². The third kappa shape index (κ3) is 4.18. The fraction of sp³-hybridized carbons (Fsp3) is 0.500. The van der Waals surface area contributed by atoms with Gasteiger partial charge in [0.15, 0.2) is 4.84 Å². The molecule has 0 spiro atoms. The molecule has 4 heteroatoms. The molecule has 1 aromatic carbocycles. The van der Waals surface area contributed by atoms with E-state index in [0.717, 1.165) is 12.0 Å². The summed E-state index contributed by atoms with van der Waals surface area (Å²) >= 11 is 11.3. The van der Waals surface area contributed by atoms with Crippen LogP contribution in [0.15, 0.2) is 18.2 Å². The number of nitrogens with zero attached hydrogens (tertiary/aromatic N) is 1. The zero-order valence-corrected chi connectivity index (χ0v) is 12.6. The first kappa shape index (κ1) is 15.3. The van der Waals surface area contributed by atoms with Crippen LogP contribution in [0.2, 0.25) is 0 Å². The van der Waals surface area contributed by atoms with Gasteiger partial charge in [0.25, 0.3) is 5.91 Å². The van der Waals surface area contributed by atoms with E-state index < -0.39 is 4.84 Å². The SMILES string of the molecule is CCCN(Cc1ccc(C)c(C)c1)C(=O)C(Cl)Cl. The first-order valence-electron chi connectivity index (χ1n) is 6.08. The Hall–Kier alpha value is -0.730. The van der Waals surface area contributed by atoms with E-state index in [0.29, 0.717) is 13.1 Å². The molecule has 0 aliphatic rings. The summed E-state index contributed by atoms with van der Waals surface area (Å²) in [5.41, 5.74) is 3.58. The van der Waals surface area contributed by atoms with Crippen LogP contribution >= 0.6 is 23.2 Å². The Morgan fingerprint density at radius 1 is 1.28 bits per heavy atom. The van der Waals surface area contributed by atoms with Crippen LogP contribution < -0.4 is 0 Å². The Balaban J connectivity index is 2.82. The van der Waals surface area contributed by atoms with E-state index in [4.69, 9.17) is 23.2 Å². The number of aryl methyl sites for hydroxylation is 2. The van der Waals surface area contributed by atoms with Gasteiger partial charge in [0, 0.05) is 13.1 Å². The molecule has 0 fully saturated rings. The average molecular weight is 288 g/mol. The molecule has 0 atom stereocenters. The van der Waals surface area contributed by atoms with E-state index in [1.165, 1.54) is 11.1 Å². The number of carbonyl (C=O) groups excluding carboxylic acids is 1. The Kier molecular flexibility index (Phi) is 5.97. The van der Waals surface area contributed by atoms with Crippen LogP contribution in [0.3, 0.4) is 0 Å². The topological polar surface area (TPSA) is 20.3 Å². The Bertz CT molecular complexity index is 418. The zero-order valence-electron chi connectivity index (χ0n) is 11.0. The van der Waals surface area contributed by atoms with Crippen molar-refractivity contribution < 1.29 is 4.79 Å². The maximum Gasteiger partial charge on any atom is 0.256 e. The zero-order chi connectivity index (χ0) is 13.7. The summed E-state index contributed by atoms with van der Waals surface area (Å²) in [5.74, 6) is -0.224. The van der Waals surface area contributed by atoms with Crippen LogP contribution in [0.1, 0.15) is 30.0 Å². The molecule has 0 radical (unpaired) electrons. The largest absolute Gasteiger partial charge is 0.336 e. The van der Waals surface area contributed by atoms with Crippen molar-refractivity contribution in [1.82, 2.24) is 4.90 Å². The maximum absolute atomic E-state index is 11.9. The average Bonchev–Trinajstić information content (AvgIpc) is 2.32. The van der Waals surface area contributed by atoms with Crippen molar-refractivity contribution >= 4 is 29.1 Å². The van der Waals surface area contributed by atoms with Crippen molar-refractivity contribution in [2.45, 2.75) is 38.6 Å². The minimum Gasteiger partial charge on any atom is -0.336 e. The minimum atomic E-state index is -0.983. The van der Waals surface area contributed by atoms with Gasteiger partial charge in [-0.2, -0.15) is 0 Å². The molecule has 1 amide bonds. The molecule has 0 saturated heterocycles. The van der Waals surface area contributed by atoms with E-state index in [9.17, 15) is 4.79 Å². The molecule has 1 rings (SSSR count). The second-order valence-corrected chi connectivity index (χ2v) is 5.58. The molecule has 1 aromatic rings. The monoisotopic (exact) mass is 287 g/mol. The summed E-state index contributed by atoms with van der Waals surface area (Å²) in [6.45, 7) is 7.39. The molecule has 0 N–H and O–H groups in total. The molecule has 18 heavy (non-hydrogen) atoms. The number of halogens is 2. The van der Waals surface area contributed by atoms with Gasteiger partial charge in [0.2, 0.25) is 0 Å². The maximum atomic E-state index is 11.9. The molecular formula is C14H19Cl2NO. The highest BCUT2D eigenvalue weighted by molar-refractivity contribution is 6.53. The quantitative estimate of drug-likeness (QED) is 0.754. The molecule has 2 nitrogen and oxygen atoms in total. The minimum absolute atomic E-state index is 0.224. The smallest absolute Gasteiger partial charge is 0.256 e. The normalized spacial score (nSPS) is 10.8. The number of alkyl halides is 2. The number of rotatable bonds is 5. The molecule has 0 saturated carbocycles. The van der Waals surface area contributed by atoms with Gasteiger partial charge in [-0.05, 0) is 37.0 Å². The van der Waals surface area contributed by atoms with Crippen molar-refractivity contribution in [3.63, 3.8) is 0 Å². The Morgan fingerprint density at radius 3 is 2.44 bits per heavy atom. The first-order valence-corrected chi connectivity index (χ1v) is 6.96. The van der Waals surface area contributed by atoms with E-state index >= 15 is 0 Å². The van der Waals surface area contributed by atoms with E-state index in [-0.39, 0.29) is 5.91 Å².